The van der Waals surface area contributed by atoms with E-state index in [2.05, 4.69) is 0 Å². The van der Waals surface area contributed by atoms with E-state index in [0.717, 1.165) is 0 Å². The first-order valence-corrected chi connectivity index (χ1v) is 6.40. The van der Waals surface area contributed by atoms with Gasteiger partial charge in [-0.1, -0.05) is 6.07 Å². The summed E-state index contributed by atoms with van der Waals surface area (Å²) < 4.78 is 5.38. The van der Waals surface area contributed by atoms with Gasteiger partial charge in [-0.3, -0.25) is 9.59 Å². The number of carbonyl (C=O) groups is 2. The summed E-state index contributed by atoms with van der Waals surface area (Å²) in [6, 6.07) is 6.87. The number of rotatable bonds is 6. The molecule has 2 N–H and O–H groups in total. The lowest BCUT2D eigenvalue weighted by Crippen LogP contribution is -2.42. The van der Waals surface area contributed by atoms with Crippen LogP contribution in [0.25, 0.3) is 0 Å². The number of benzene rings is 1. The van der Waals surface area contributed by atoms with Crippen LogP contribution in [0, 0.1) is 0 Å². The summed E-state index contributed by atoms with van der Waals surface area (Å²) in [5.41, 5.74) is 6.20. The van der Waals surface area contributed by atoms with Crippen LogP contribution in [0.15, 0.2) is 24.3 Å². The fourth-order valence-electron chi connectivity index (χ4n) is 1.52. The highest BCUT2D eigenvalue weighted by molar-refractivity contribution is 5.85. The van der Waals surface area contributed by atoms with E-state index in [1.165, 1.54) is 9.80 Å². The molecule has 0 spiro atoms. The number of nitrogens with zero attached hydrogens (tertiary/aromatic N) is 2. The van der Waals surface area contributed by atoms with Crippen LogP contribution in [0.1, 0.15) is 6.92 Å². The van der Waals surface area contributed by atoms with Crippen molar-refractivity contribution in [3.63, 3.8) is 0 Å². The van der Waals surface area contributed by atoms with Crippen molar-refractivity contribution >= 4 is 17.5 Å². The molecular formula is C14H21N3O3. The molecule has 0 aliphatic carbocycles. The fourth-order valence-corrected chi connectivity index (χ4v) is 1.52. The predicted octanol–water partition coefficient (Wildman–Crippen LogP) is 0.584. The van der Waals surface area contributed by atoms with Crippen molar-refractivity contribution in [2.75, 3.05) is 39.5 Å². The lowest BCUT2D eigenvalue weighted by Gasteiger charge is -2.22. The number of nitrogen functional groups attached to an aromatic ring is 1. The Morgan fingerprint density at radius 1 is 1.25 bits per heavy atom. The summed E-state index contributed by atoms with van der Waals surface area (Å²) in [4.78, 5) is 26.5. The van der Waals surface area contributed by atoms with Crippen LogP contribution in [-0.4, -0.2) is 55.4 Å². The van der Waals surface area contributed by atoms with E-state index in [-0.39, 0.29) is 25.0 Å². The van der Waals surface area contributed by atoms with Crippen molar-refractivity contribution in [3.05, 3.63) is 24.3 Å². The van der Waals surface area contributed by atoms with E-state index in [1.807, 2.05) is 6.92 Å². The zero-order valence-electron chi connectivity index (χ0n) is 12.1. The molecule has 1 rings (SSSR count). The Morgan fingerprint density at radius 2 is 1.95 bits per heavy atom. The van der Waals surface area contributed by atoms with Crippen molar-refractivity contribution in [3.8, 4) is 5.75 Å². The van der Waals surface area contributed by atoms with Crippen molar-refractivity contribution in [1.29, 1.82) is 0 Å². The Kier molecular flexibility index (Phi) is 5.83. The SMILES string of the molecule is CCN(CC(=O)N(C)C)C(=O)COc1cccc(N)c1. The van der Waals surface area contributed by atoms with Gasteiger partial charge >= 0.3 is 0 Å². The molecule has 1 aromatic carbocycles. The van der Waals surface area contributed by atoms with Gasteiger partial charge in [-0.15, -0.1) is 0 Å². The Labute approximate surface area is 119 Å². The van der Waals surface area contributed by atoms with Gasteiger partial charge < -0.3 is 20.3 Å². The highest BCUT2D eigenvalue weighted by Crippen LogP contribution is 2.14. The maximum Gasteiger partial charge on any atom is 0.260 e. The molecule has 0 saturated carbocycles. The molecule has 0 heterocycles. The van der Waals surface area contributed by atoms with Gasteiger partial charge in [-0.2, -0.15) is 0 Å². The normalized spacial score (nSPS) is 9.95. The van der Waals surface area contributed by atoms with Gasteiger partial charge in [-0.25, -0.2) is 0 Å². The molecule has 110 valence electrons. The standard InChI is InChI=1S/C14H21N3O3/c1-4-17(9-13(18)16(2)3)14(19)10-20-12-7-5-6-11(15)8-12/h5-8H,4,9-10,15H2,1-3H3. The maximum absolute atomic E-state index is 12.0. The monoisotopic (exact) mass is 279 g/mol. The molecule has 0 bridgehead atoms. The molecule has 6 nitrogen and oxygen atoms in total. The Hall–Kier alpha value is -2.24. The zero-order valence-corrected chi connectivity index (χ0v) is 12.1. The van der Waals surface area contributed by atoms with Crippen molar-refractivity contribution < 1.29 is 14.3 Å². The number of anilines is 1. The van der Waals surface area contributed by atoms with Crippen LogP contribution in [0.3, 0.4) is 0 Å². The first kappa shape index (κ1) is 15.8. The van der Waals surface area contributed by atoms with E-state index in [4.69, 9.17) is 10.5 Å². The highest BCUT2D eigenvalue weighted by Gasteiger charge is 2.17. The minimum atomic E-state index is -0.231. The Bertz CT molecular complexity index is 474. The van der Waals surface area contributed by atoms with Crippen LogP contribution in [0.2, 0.25) is 0 Å². The van der Waals surface area contributed by atoms with Crippen LogP contribution in [0.4, 0.5) is 5.69 Å². The zero-order chi connectivity index (χ0) is 15.1. The van der Waals surface area contributed by atoms with Crippen LogP contribution in [-0.2, 0) is 9.59 Å². The van der Waals surface area contributed by atoms with Gasteiger partial charge in [-0.05, 0) is 19.1 Å². The van der Waals surface area contributed by atoms with Crippen molar-refractivity contribution in [2.45, 2.75) is 6.92 Å². The summed E-state index contributed by atoms with van der Waals surface area (Å²) in [5, 5.41) is 0. The van der Waals surface area contributed by atoms with Gasteiger partial charge in [0, 0.05) is 32.4 Å². The summed E-state index contributed by atoms with van der Waals surface area (Å²) in [7, 11) is 3.31. The van der Waals surface area contributed by atoms with Gasteiger partial charge in [0.05, 0.1) is 6.54 Å². The van der Waals surface area contributed by atoms with Crippen molar-refractivity contribution in [2.24, 2.45) is 0 Å². The molecule has 0 aromatic heterocycles. The minimum Gasteiger partial charge on any atom is -0.484 e. The number of hydrogen-bond acceptors (Lipinski definition) is 4. The molecule has 0 atom stereocenters. The third-order valence-corrected chi connectivity index (χ3v) is 2.78. The van der Waals surface area contributed by atoms with Gasteiger partial charge in [0.15, 0.2) is 6.61 Å². The largest absolute Gasteiger partial charge is 0.484 e. The summed E-state index contributed by atoms with van der Waals surface area (Å²) in [6.45, 7) is 2.22. The lowest BCUT2D eigenvalue weighted by atomic mass is 10.3. The molecule has 0 aliphatic rings. The minimum absolute atomic E-state index is 0.0582. The third kappa shape index (κ3) is 4.79. The average molecular weight is 279 g/mol. The van der Waals surface area contributed by atoms with Crippen LogP contribution < -0.4 is 10.5 Å². The molecule has 2 amide bonds. The summed E-state index contributed by atoms with van der Waals surface area (Å²) in [5.74, 6) is 0.183. The topological polar surface area (TPSA) is 75.9 Å². The van der Waals surface area contributed by atoms with Crippen molar-refractivity contribution in [1.82, 2.24) is 9.80 Å². The molecular weight excluding hydrogens is 258 g/mol. The third-order valence-electron chi connectivity index (χ3n) is 2.78. The Morgan fingerprint density at radius 3 is 2.50 bits per heavy atom. The van der Waals surface area contributed by atoms with Crippen LogP contribution in [0.5, 0.6) is 5.75 Å². The van der Waals surface area contributed by atoms with Gasteiger partial charge in [0.2, 0.25) is 5.91 Å². The van der Waals surface area contributed by atoms with E-state index in [0.29, 0.717) is 18.0 Å². The number of nitrogens with two attached hydrogens (primary N) is 1. The fraction of sp³-hybridized carbons (Fsp3) is 0.429. The molecule has 0 saturated heterocycles. The van der Waals surface area contributed by atoms with Gasteiger partial charge in [0.25, 0.3) is 5.91 Å². The number of amides is 2. The molecule has 0 radical (unpaired) electrons. The van der Waals surface area contributed by atoms with Gasteiger partial charge in [0.1, 0.15) is 5.75 Å². The summed E-state index contributed by atoms with van der Waals surface area (Å²) in [6.07, 6.45) is 0. The maximum atomic E-state index is 12.0. The predicted molar refractivity (Wildman–Crippen MR) is 77.3 cm³/mol. The second-order valence-electron chi connectivity index (χ2n) is 4.56. The highest BCUT2D eigenvalue weighted by atomic mass is 16.5. The molecule has 0 unspecified atom stereocenters. The lowest BCUT2D eigenvalue weighted by molar-refractivity contribution is -0.140. The van der Waals surface area contributed by atoms with E-state index < -0.39 is 0 Å². The second kappa shape index (κ2) is 7.37. The second-order valence-corrected chi connectivity index (χ2v) is 4.56. The molecule has 0 aliphatic heterocycles. The van der Waals surface area contributed by atoms with E-state index >= 15 is 0 Å². The quantitative estimate of drug-likeness (QED) is 0.773. The molecule has 6 heteroatoms. The Balaban J connectivity index is 2.53. The smallest absolute Gasteiger partial charge is 0.260 e. The molecule has 1 aromatic rings. The first-order chi connectivity index (χ1) is 9.43. The summed E-state index contributed by atoms with van der Waals surface area (Å²) >= 11 is 0. The molecule has 0 fully saturated rings. The number of ether oxygens (including phenoxy) is 1. The van der Waals surface area contributed by atoms with E-state index in [1.54, 1.807) is 38.4 Å². The average Bonchev–Trinajstić information content (AvgIpc) is 2.41. The molecule has 20 heavy (non-hydrogen) atoms. The number of carbonyl (C=O) groups excluding carboxylic acids is 2. The van der Waals surface area contributed by atoms with E-state index in [9.17, 15) is 9.59 Å². The van der Waals surface area contributed by atoms with Crippen LogP contribution >= 0.6 is 0 Å². The first-order valence-electron chi connectivity index (χ1n) is 6.40. The number of likely N-dealkylation sites (N-methyl/N-ethyl adjacent to an activating group) is 2. The number of hydrogen-bond donors (Lipinski definition) is 1.